The van der Waals surface area contributed by atoms with E-state index in [2.05, 4.69) is 20.4 Å². The molecule has 0 aliphatic heterocycles. The van der Waals surface area contributed by atoms with Crippen LogP contribution in [0.3, 0.4) is 0 Å². The number of carbonyl (C=O) groups excluding carboxylic acids is 1. The van der Waals surface area contributed by atoms with Crippen molar-refractivity contribution in [2.45, 2.75) is 13.0 Å². The number of aromatic carboxylic acids is 1. The maximum atomic E-state index is 11.6. The van der Waals surface area contributed by atoms with Crippen molar-refractivity contribution < 1.29 is 14.7 Å². The Labute approximate surface area is 108 Å². The lowest BCUT2D eigenvalue weighted by atomic mass is 10.2. The summed E-state index contributed by atoms with van der Waals surface area (Å²) in [6, 6.07) is 1.35. The highest BCUT2D eigenvalue weighted by atomic mass is 16.4. The lowest BCUT2D eigenvalue weighted by Gasteiger charge is -2.05. The molecule has 2 N–H and O–H groups in total. The van der Waals surface area contributed by atoms with Gasteiger partial charge in [-0.2, -0.15) is 5.10 Å². The van der Waals surface area contributed by atoms with Crippen molar-refractivity contribution in [3.8, 4) is 0 Å². The van der Waals surface area contributed by atoms with E-state index in [0.29, 0.717) is 12.2 Å². The van der Waals surface area contributed by atoms with Crippen LogP contribution in [0.25, 0.3) is 0 Å². The zero-order valence-corrected chi connectivity index (χ0v) is 9.85. The number of anilines is 1. The van der Waals surface area contributed by atoms with Gasteiger partial charge in [0.25, 0.3) is 0 Å². The lowest BCUT2D eigenvalue weighted by Crippen LogP contribution is -2.15. The number of nitrogens with one attached hydrogen (secondary N) is 1. The number of amides is 1. The first-order valence-corrected chi connectivity index (χ1v) is 5.46. The van der Waals surface area contributed by atoms with Crippen molar-refractivity contribution in [1.82, 2.24) is 19.7 Å². The zero-order valence-electron chi connectivity index (χ0n) is 9.85. The van der Waals surface area contributed by atoms with Crippen LogP contribution in [-0.2, 0) is 11.3 Å². The van der Waals surface area contributed by atoms with Gasteiger partial charge in [-0.3, -0.25) is 14.5 Å². The molecule has 0 bridgehead atoms. The molecule has 19 heavy (non-hydrogen) atoms. The summed E-state index contributed by atoms with van der Waals surface area (Å²) in [5.74, 6) is -1.34. The fourth-order valence-corrected chi connectivity index (χ4v) is 1.41. The summed E-state index contributed by atoms with van der Waals surface area (Å²) >= 11 is 0. The van der Waals surface area contributed by atoms with Gasteiger partial charge in [0.15, 0.2) is 0 Å². The summed E-state index contributed by atoms with van der Waals surface area (Å²) < 4.78 is 1.53. The molecule has 0 aliphatic carbocycles. The second kappa shape index (κ2) is 5.71. The normalized spacial score (nSPS) is 10.1. The zero-order chi connectivity index (χ0) is 13.7. The molecule has 0 atom stereocenters. The molecule has 8 heteroatoms. The molecule has 0 unspecified atom stereocenters. The van der Waals surface area contributed by atoms with Crippen molar-refractivity contribution in [3.63, 3.8) is 0 Å². The van der Waals surface area contributed by atoms with Gasteiger partial charge in [-0.25, -0.2) is 9.78 Å². The summed E-state index contributed by atoms with van der Waals surface area (Å²) in [5.41, 5.74) is 0.373. The summed E-state index contributed by atoms with van der Waals surface area (Å²) in [6.45, 7) is 0.401. The second-order valence-electron chi connectivity index (χ2n) is 3.72. The molecule has 0 radical (unpaired) electrons. The Balaban J connectivity index is 1.91. The highest BCUT2D eigenvalue weighted by Gasteiger charge is 2.07. The minimum Gasteiger partial charge on any atom is -0.478 e. The topological polar surface area (TPSA) is 110 Å². The average Bonchev–Trinajstić information content (AvgIpc) is 2.90. The second-order valence-corrected chi connectivity index (χ2v) is 3.72. The van der Waals surface area contributed by atoms with Crippen molar-refractivity contribution >= 4 is 17.6 Å². The van der Waals surface area contributed by atoms with Crippen LogP contribution in [0.4, 0.5) is 5.69 Å². The van der Waals surface area contributed by atoms with Crippen LogP contribution in [0.5, 0.6) is 0 Å². The monoisotopic (exact) mass is 261 g/mol. The van der Waals surface area contributed by atoms with Crippen LogP contribution >= 0.6 is 0 Å². The standard InChI is InChI=1S/C11H11N5O3/c17-10(1-2-16-7-13-6-14-16)15-9-3-8(11(18)19)4-12-5-9/h3-7H,1-2H2,(H,15,17)(H,18,19). The summed E-state index contributed by atoms with van der Waals surface area (Å²) in [7, 11) is 0. The first kappa shape index (κ1) is 12.7. The maximum absolute atomic E-state index is 11.6. The number of rotatable bonds is 5. The van der Waals surface area contributed by atoms with Crippen molar-refractivity contribution in [2.75, 3.05) is 5.32 Å². The third kappa shape index (κ3) is 3.60. The molecule has 0 fully saturated rings. The van der Waals surface area contributed by atoms with E-state index in [1.807, 2.05) is 0 Å². The number of aromatic nitrogens is 4. The number of nitrogens with zero attached hydrogens (tertiary/aromatic N) is 4. The third-order valence-electron chi connectivity index (χ3n) is 2.30. The first-order chi connectivity index (χ1) is 9.15. The van der Waals surface area contributed by atoms with Gasteiger partial charge < -0.3 is 10.4 Å². The summed E-state index contributed by atoms with van der Waals surface area (Å²) in [4.78, 5) is 29.9. The molecule has 2 heterocycles. The van der Waals surface area contributed by atoms with E-state index in [9.17, 15) is 9.59 Å². The predicted molar refractivity (Wildman–Crippen MR) is 64.5 cm³/mol. The number of aryl methyl sites for hydroxylation is 1. The van der Waals surface area contributed by atoms with Gasteiger partial charge >= 0.3 is 5.97 Å². The van der Waals surface area contributed by atoms with E-state index in [0.717, 1.165) is 0 Å². The van der Waals surface area contributed by atoms with E-state index in [1.54, 1.807) is 0 Å². The molecule has 2 aromatic rings. The van der Waals surface area contributed by atoms with Gasteiger partial charge in [-0.15, -0.1) is 0 Å². The van der Waals surface area contributed by atoms with Crippen LogP contribution in [0.1, 0.15) is 16.8 Å². The summed E-state index contributed by atoms with van der Waals surface area (Å²) in [6.07, 6.45) is 5.71. The molecule has 0 saturated carbocycles. The predicted octanol–water partition coefficient (Wildman–Crippen LogP) is 0.400. The van der Waals surface area contributed by atoms with Crippen molar-refractivity contribution in [2.24, 2.45) is 0 Å². The number of carboxylic acids is 1. The van der Waals surface area contributed by atoms with E-state index >= 15 is 0 Å². The Bertz CT molecular complexity index is 582. The summed E-state index contributed by atoms with van der Waals surface area (Å²) in [5, 5.41) is 15.2. The quantitative estimate of drug-likeness (QED) is 0.806. The SMILES string of the molecule is O=C(CCn1cncn1)Nc1cncc(C(=O)O)c1. The van der Waals surface area contributed by atoms with Gasteiger partial charge in [0.05, 0.1) is 24.0 Å². The molecule has 0 aromatic carbocycles. The van der Waals surface area contributed by atoms with Gasteiger partial charge in [-0.1, -0.05) is 0 Å². The Morgan fingerprint density at radius 2 is 2.16 bits per heavy atom. The van der Waals surface area contributed by atoms with Gasteiger partial charge in [0, 0.05) is 12.6 Å². The molecule has 98 valence electrons. The van der Waals surface area contributed by atoms with Gasteiger partial charge in [-0.05, 0) is 6.07 Å². The van der Waals surface area contributed by atoms with E-state index in [1.165, 1.54) is 35.8 Å². The minimum absolute atomic E-state index is 0.0223. The van der Waals surface area contributed by atoms with Crippen LogP contribution in [-0.4, -0.2) is 36.7 Å². The molecule has 2 rings (SSSR count). The Morgan fingerprint density at radius 1 is 1.32 bits per heavy atom. The molecular formula is C11H11N5O3. The number of hydrogen-bond acceptors (Lipinski definition) is 5. The number of hydrogen-bond donors (Lipinski definition) is 2. The maximum Gasteiger partial charge on any atom is 0.337 e. The molecule has 2 aromatic heterocycles. The lowest BCUT2D eigenvalue weighted by molar-refractivity contribution is -0.116. The minimum atomic E-state index is -1.09. The van der Waals surface area contributed by atoms with Crippen molar-refractivity contribution in [1.29, 1.82) is 0 Å². The largest absolute Gasteiger partial charge is 0.478 e. The average molecular weight is 261 g/mol. The van der Waals surface area contributed by atoms with Crippen LogP contribution < -0.4 is 5.32 Å². The Hall–Kier alpha value is -2.77. The number of pyridine rings is 1. The van der Waals surface area contributed by atoms with E-state index < -0.39 is 5.97 Å². The third-order valence-corrected chi connectivity index (χ3v) is 2.30. The Morgan fingerprint density at radius 3 is 2.84 bits per heavy atom. The first-order valence-electron chi connectivity index (χ1n) is 5.46. The van der Waals surface area contributed by atoms with Crippen LogP contribution in [0.15, 0.2) is 31.1 Å². The van der Waals surface area contributed by atoms with Crippen molar-refractivity contribution in [3.05, 3.63) is 36.7 Å². The highest BCUT2D eigenvalue weighted by molar-refractivity contribution is 5.93. The van der Waals surface area contributed by atoms with E-state index in [-0.39, 0.29) is 17.9 Å². The van der Waals surface area contributed by atoms with E-state index in [4.69, 9.17) is 5.11 Å². The number of carbonyl (C=O) groups is 2. The highest BCUT2D eigenvalue weighted by Crippen LogP contribution is 2.08. The van der Waals surface area contributed by atoms with Gasteiger partial charge in [0.1, 0.15) is 12.7 Å². The number of carboxylic acid groups (broad SMARTS) is 1. The van der Waals surface area contributed by atoms with Gasteiger partial charge in [0.2, 0.25) is 5.91 Å². The fraction of sp³-hybridized carbons (Fsp3) is 0.182. The van der Waals surface area contributed by atoms with Crippen LogP contribution in [0, 0.1) is 0 Å². The molecule has 0 saturated heterocycles. The fourth-order valence-electron chi connectivity index (χ4n) is 1.41. The molecule has 1 amide bonds. The Kier molecular flexibility index (Phi) is 3.81. The molecule has 0 spiro atoms. The smallest absolute Gasteiger partial charge is 0.337 e. The molecule has 8 nitrogen and oxygen atoms in total. The van der Waals surface area contributed by atoms with Crippen LogP contribution in [0.2, 0.25) is 0 Å². The molecular weight excluding hydrogens is 250 g/mol. The molecule has 0 aliphatic rings.